The Bertz CT molecular complexity index is 1020. The second-order valence-corrected chi connectivity index (χ2v) is 8.77. The van der Waals surface area contributed by atoms with E-state index in [0.29, 0.717) is 30.1 Å². The Kier molecular flexibility index (Phi) is 8.74. The predicted molar refractivity (Wildman–Crippen MR) is 119 cm³/mol. The Morgan fingerprint density at radius 1 is 1.33 bits per heavy atom. The van der Waals surface area contributed by atoms with Gasteiger partial charge in [0.2, 0.25) is 5.75 Å². The lowest BCUT2D eigenvalue weighted by Crippen LogP contribution is -2.21. The number of pyridine rings is 1. The number of aromatic nitrogens is 1. The first-order valence-corrected chi connectivity index (χ1v) is 11.9. The second-order valence-electron chi connectivity index (χ2n) is 7.89. The largest absolute Gasteiger partial charge is 0.575 e. The molecule has 0 aliphatic heterocycles. The molecule has 1 aromatic carbocycles. The quantitative estimate of drug-likeness (QED) is 0.312. The summed E-state index contributed by atoms with van der Waals surface area (Å²) >= 11 is 0. The molecule has 1 aliphatic carbocycles. The Labute approximate surface area is 193 Å². The van der Waals surface area contributed by atoms with Gasteiger partial charge in [0, 0.05) is 11.8 Å². The highest BCUT2D eigenvalue weighted by Gasteiger charge is 2.23. The molecule has 1 fully saturated rings. The van der Waals surface area contributed by atoms with Gasteiger partial charge in [-0.3, -0.25) is 14.3 Å². The third kappa shape index (κ3) is 6.73. The van der Waals surface area contributed by atoms with Crippen LogP contribution in [0.1, 0.15) is 54.2 Å². The molecule has 0 saturated heterocycles. The molecule has 33 heavy (non-hydrogen) atoms. The van der Waals surface area contributed by atoms with E-state index in [4.69, 9.17) is 14.0 Å². The molecule has 0 bridgehead atoms. The number of ether oxygens (including phenoxy) is 2. The first kappa shape index (κ1) is 24.6. The van der Waals surface area contributed by atoms with E-state index in [1.54, 1.807) is 31.2 Å². The molecular formula is C23H27N2O7P. The lowest BCUT2D eigenvalue weighted by atomic mass is 10.1. The van der Waals surface area contributed by atoms with Gasteiger partial charge in [-0.15, -0.1) is 0 Å². The van der Waals surface area contributed by atoms with Crippen LogP contribution in [0.3, 0.4) is 0 Å². The van der Waals surface area contributed by atoms with Gasteiger partial charge in [-0.1, -0.05) is 29.7 Å². The van der Waals surface area contributed by atoms with Crippen molar-refractivity contribution < 1.29 is 33.6 Å². The van der Waals surface area contributed by atoms with Crippen molar-refractivity contribution >= 4 is 20.4 Å². The lowest BCUT2D eigenvalue weighted by Gasteiger charge is -2.12. The van der Waals surface area contributed by atoms with Crippen molar-refractivity contribution in [2.45, 2.75) is 52.2 Å². The monoisotopic (exact) mass is 474 g/mol. The van der Waals surface area contributed by atoms with E-state index in [1.807, 2.05) is 0 Å². The number of rotatable bonds is 10. The summed E-state index contributed by atoms with van der Waals surface area (Å²) in [7, 11) is -2.56. The minimum atomic E-state index is -2.56. The summed E-state index contributed by atoms with van der Waals surface area (Å²) in [5.41, 5.74) is 0.807. The maximum absolute atomic E-state index is 12.4. The number of carbonyl (C=O) groups is 2. The molecule has 1 heterocycles. The van der Waals surface area contributed by atoms with Crippen LogP contribution in [0.2, 0.25) is 0 Å². The lowest BCUT2D eigenvalue weighted by molar-refractivity contribution is -0.169. The molecule has 9 nitrogen and oxygen atoms in total. The average Bonchev–Trinajstić information content (AvgIpc) is 3.32. The molecule has 2 atom stereocenters. The van der Waals surface area contributed by atoms with Gasteiger partial charge in [-0.25, -0.2) is 4.79 Å². The summed E-state index contributed by atoms with van der Waals surface area (Å²) in [5.74, 6) is 0.0635. The number of benzene rings is 1. The van der Waals surface area contributed by atoms with E-state index in [0.717, 1.165) is 25.7 Å². The predicted octanol–water partition coefficient (Wildman–Crippen LogP) is 3.84. The zero-order valence-electron chi connectivity index (χ0n) is 18.6. The van der Waals surface area contributed by atoms with Gasteiger partial charge in [0.1, 0.15) is 12.4 Å². The SMILES string of the molecule is Cc1ncc(COc2ccccc2O[P+]([O-])=N[C@@H](C)C(=O)OCC2CCCC2)c(C=O)c1O. The summed E-state index contributed by atoms with van der Waals surface area (Å²) in [6, 6.07) is 5.58. The molecule has 176 valence electrons. The number of nitrogens with zero attached hydrogens (tertiary/aromatic N) is 2. The minimum absolute atomic E-state index is 0.0763. The molecule has 0 radical (unpaired) electrons. The fourth-order valence-electron chi connectivity index (χ4n) is 3.49. The zero-order valence-corrected chi connectivity index (χ0v) is 19.5. The fraction of sp³-hybridized carbons (Fsp3) is 0.435. The fourth-order valence-corrected chi connectivity index (χ4v) is 4.24. The van der Waals surface area contributed by atoms with Crippen molar-refractivity contribution in [1.29, 1.82) is 0 Å². The third-order valence-corrected chi connectivity index (χ3v) is 6.32. The van der Waals surface area contributed by atoms with Gasteiger partial charge >= 0.3 is 14.1 Å². The number of aromatic hydroxyl groups is 1. The summed E-state index contributed by atoms with van der Waals surface area (Å²) in [6.07, 6.45) is 6.40. The second kappa shape index (κ2) is 11.7. The van der Waals surface area contributed by atoms with Crippen LogP contribution >= 0.6 is 8.17 Å². The molecule has 10 heteroatoms. The Balaban J connectivity index is 1.62. The van der Waals surface area contributed by atoms with Gasteiger partial charge in [0.05, 0.1) is 17.9 Å². The first-order chi connectivity index (χ1) is 15.9. The highest BCUT2D eigenvalue weighted by atomic mass is 31.1. The van der Waals surface area contributed by atoms with Crippen molar-refractivity contribution in [3.8, 4) is 17.2 Å². The summed E-state index contributed by atoms with van der Waals surface area (Å²) < 4.78 is 20.3. The van der Waals surface area contributed by atoms with E-state index < -0.39 is 20.2 Å². The molecule has 1 aliphatic rings. The maximum Gasteiger partial charge on any atom is 0.395 e. The number of aldehydes is 1. The molecule has 2 aromatic rings. The van der Waals surface area contributed by atoms with Crippen LogP contribution in [-0.4, -0.2) is 35.0 Å². The Hall–Kier alpha value is -3.03. The molecule has 1 unspecified atom stereocenters. The Morgan fingerprint density at radius 3 is 2.73 bits per heavy atom. The smallest absolute Gasteiger partial charge is 0.395 e. The van der Waals surface area contributed by atoms with Crippen LogP contribution in [0.15, 0.2) is 35.2 Å². The van der Waals surface area contributed by atoms with Crippen LogP contribution in [0.25, 0.3) is 0 Å². The van der Waals surface area contributed by atoms with Gasteiger partial charge in [0.15, 0.2) is 18.1 Å². The summed E-state index contributed by atoms with van der Waals surface area (Å²) in [4.78, 5) is 39.9. The molecular weight excluding hydrogens is 447 g/mol. The number of esters is 1. The highest BCUT2D eigenvalue weighted by molar-refractivity contribution is 7.34. The zero-order chi connectivity index (χ0) is 23.8. The number of para-hydroxylation sites is 2. The van der Waals surface area contributed by atoms with E-state index in [-0.39, 0.29) is 29.4 Å². The Morgan fingerprint density at radius 2 is 2.03 bits per heavy atom. The number of hydrogen-bond donors (Lipinski definition) is 1. The molecule has 1 aromatic heterocycles. The van der Waals surface area contributed by atoms with E-state index in [1.165, 1.54) is 13.1 Å². The highest BCUT2D eigenvalue weighted by Crippen LogP contribution is 2.34. The summed E-state index contributed by atoms with van der Waals surface area (Å²) in [6.45, 7) is 3.38. The first-order valence-electron chi connectivity index (χ1n) is 10.8. The van der Waals surface area contributed by atoms with E-state index in [9.17, 15) is 19.6 Å². The minimum Gasteiger partial charge on any atom is -0.575 e. The maximum atomic E-state index is 12.4. The van der Waals surface area contributed by atoms with Crippen LogP contribution in [0.5, 0.6) is 17.2 Å². The van der Waals surface area contributed by atoms with Crippen LogP contribution in [0, 0.1) is 12.8 Å². The molecule has 1 N–H and O–H groups in total. The van der Waals surface area contributed by atoms with Crippen molar-refractivity contribution in [1.82, 2.24) is 4.98 Å². The van der Waals surface area contributed by atoms with Crippen LogP contribution in [0.4, 0.5) is 0 Å². The molecule has 0 amide bonds. The molecule has 1 saturated carbocycles. The standard InChI is InChI=1S/C23H27N2O7P/c1-15-22(27)19(12-26)18(11-24-15)14-30-20-9-5-6-10-21(20)32-33(29)25-16(2)23(28)31-13-17-7-3-4-8-17/h5-6,9-12,16-17,27H,3-4,7-8,13-14H2,1-2H3/t16-/m0/s1. The molecule has 0 spiro atoms. The van der Waals surface area contributed by atoms with E-state index in [2.05, 4.69) is 9.73 Å². The normalized spacial score (nSPS) is 15.2. The third-order valence-electron chi connectivity index (χ3n) is 5.43. The van der Waals surface area contributed by atoms with Gasteiger partial charge in [0.25, 0.3) is 0 Å². The van der Waals surface area contributed by atoms with Crippen molar-refractivity contribution in [2.24, 2.45) is 10.7 Å². The summed E-state index contributed by atoms with van der Waals surface area (Å²) in [5, 5.41) is 10.0. The van der Waals surface area contributed by atoms with Crippen molar-refractivity contribution in [2.75, 3.05) is 6.61 Å². The molecule has 3 rings (SSSR count). The van der Waals surface area contributed by atoms with Crippen LogP contribution in [-0.2, 0) is 16.1 Å². The number of carbonyl (C=O) groups excluding carboxylic acids is 2. The van der Waals surface area contributed by atoms with Crippen molar-refractivity contribution in [3.05, 3.63) is 47.3 Å². The van der Waals surface area contributed by atoms with Crippen LogP contribution < -0.4 is 14.2 Å². The van der Waals surface area contributed by atoms with Gasteiger partial charge in [-0.2, -0.15) is 0 Å². The number of hydrogen-bond acceptors (Lipinski definition) is 9. The topological polar surface area (TPSA) is 130 Å². The van der Waals surface area contributed by atoms with E-state index >= 15 is 0 Å². The van der Waals surface area contributed by atoms with Gasteiger partial charge < -0.3 is 19.5 Å². The number of aryl methyl sites for hydroxylation is 1. The van der Waals surface area contributed by atoms with Gasteiger partial charge in [-0.05, 0) is 44.7 Å². The average molecular weight is 474 g/mol. The van der Waals surface area contributed by atoms with Crippen molar-refractivity contribution in [3.63, 3.8) is 0 Å².